The minimum atomic E-state index is 1.13. The fourth-order valence-electron chi connectivity index (χ4n) is 10.4. The van der Waals surface area contributed by atoms with Gasteiger partial charge >= 0.3 is 0 Å². The molecule has 0 aliphatic carbocycles. The number of hydrogen-bond donors (Lipinski definition) is 0. The third-order valence-electron chi connectivity index (χ3n) is 13.4. The Morgan fingerprint density at radius 1 is 0.242 bits per heavy atom. The first kappa shape index (κ1) is 38.2. The molecule has 0 fully saturated rings. The molecule has 0 atom stereocenters. The molecule has 0 aliphatic rings. The van der Waals surface area contributed by atoms with E-state index >= 15 is 0 Å². The molecule has 0 radical (unpaired) electrons. The normalized spacial score (nSPS) is 11.6. The molecule has 0 saturated heterocycles. The Morgan fingerprint density at radius 2 is 0.636 bits per heavy atom. The van der Waals surface area contributed by atoms with Crippen molar-refractivity contribution in [1.82, 2.24) is 0 Å². The summed E-state index contributed by atoms with van der Waals surface area (Å²) in [4.78, 5) is 4.91. The Balaban J connectivity index is 1.03. The zero-order valence-electron chi connectivity index (χ0n) is 36.0. The van der Waals surface area contributed by atoms with E-state index in [0.717, 1.165) is 11.4 Å². The van der Waals surface area contributed by atoms with Crippen LogP contribution in [0.25, 0.3) is 108 Å². The number of nitrogens with zero attached hydrogens (tertiary/aromatic N) is 1. The molecular weight excluding hydrogens is 815 g/mol. The molecule has 1 aromatic heterocycles. The molecular formula is C64H41NS. The van der Waals surface area contributed by atoms with Crippen molar-refractivity contribution in [1.29, 1.82) is 0 Å². The first-order valence-corrected chi connectivity index (χ1v) is 23.5. The van der Waals surface area contributed by atoms with Gasteiger partial charge in [0.25, 0.3) is 0 Å². The number of anilines is 3. The quantitative estimate of drug-likeness (QED) is 0.144. The van der Waals surface area contributed by atoms with Gasteiger partial charge in [0.2, 0.25) is 0 Å². The molecule has 0 aliphatic heterocycles. The lowest BCUT2D eigenvalue weighted by Gasteiger charge is -2.29. The molecule has 2 heteroatoms. The maximum absolute atomic E-state index is 2.46. The minimum Gasteiger partial charge on any atom is -0.309 e. The molecule has 0 saturated carbocycles. The average molecular weight is 856 g/mol. The van der Waals surface area contributed by atoms with Crippen LogP contribution in [0.5, 0.6) is 0 Å². The Kier molecular flexibility index (Phi) is 9.11. The van der Waals surface area contributed by atoms with E-state index in [9.17, 15) is 0 Å². The fourth-order valence-corrected chi connectivity index (χ4v) is 11.5. The van der Waals surface area contributed by atoms with Gasteiger partial charge in [0, 0.05) is 37.5 Å². The maximum atomic E-state index is 2.46. The molecule has 13 aromatic rings. The van der Waals surface area contributed by atoms with Crippen LogP contribution in [0.1, 0.15) is 0 Å². The lowest BCUT2D eigenvalue weighted by atomic mass is 9.84. The van der Waals surface area contributed by atoms with Gasteiger partial charge in [-0.3, -0.25) is 0 Å². The van der Waals surface area contributed by atoms with E-state index in [0.29, 0.717) is 0 Å². The number of fused-ring (bicyclic) bond motifs is 6. The van der Waals surface area contributed by atoms with Crippen LogP contribution in [0.15, 0.2) is 249 Å². The van der Waals surface area contributed by atoms with Gasteiger partial charge in [0.05, 0.1) is 5.69 Å². The first-order chi connectivity index (χ1) is 32.7. The number of benzene rings is 12. The average Bonchev–Trinajstić information content (AvgIpc) is 3.88. The van der Waals surface area contributed by atoms with Crippen molar-refractivity contribution in [2.45, 2.75) is 0 Å². The van der Waals surface area contributed by atoms with Crippen LogP contribution in [0.2, 0.25) is 0 Å². The molecule has 0 N–H and O–H groups in total. The van der Waals surface area contributed by atoms with E-state index in [-0.39, 0.29) is 0 Å². The Morgan fingerprint density at radius 3 is 1.17 bits per heavy atom. The van der Waals surface area contributed by atoms with Crippen molar-refractivity contribution in [3.05, 3.63) is 249 Å². The second-order valence-corrected chi connectivity index (χ2v) is 18.2. The molecule has 1 nitrogen and oxygen atoms in total. The number of hydrogen-bond acceptors (Lipinski definition) is 2. The molecule has 12 aromatic carbocycles. The zero-order chi connectivity index (χ0) is 43.6. The highest BCUT2D eigenvalue weighted by Gasteiger charge is 2.23. The summed E-state index contributed by atoms with van der Waals surface area (Å²) in [6, 6.07) is 91.6. The van der Waals surface area contributed by atoms with Crippen LogP contribution in [0, 0.1) is 0 Å². The maximum Gasteiger partial charge on any atom is 0.0618 e. The Hall–Kier alpha value is -8.30. The van der Waals surface area contributed by atoms with Gasteiger partial charge < -0.3 is 4.90 Å². The Bertz CT molecular complexity index is 3900. The molecule has 0 amide bonds. The summed E-state index contributed by atoms with van der Waals surface area (Å²) in [5.74, 6) is 0. The summed E-state index contributed by atoms with van der Waals surface area (Å²) >= 11 is 1.88. The highest BCUT2D eigenvalue weighted by Crippen LogP contribution is 2.51. The van der Waals surface area contributed by atoms with Gasteiger partial charge in [0.1, 0.15) is 0 Å². The predicted octanol–water partition coefficient (Wildman–Crippen LogP) is 18.8. The van der Waals surface area contributed by atoms with Crippen molar-refractivity contribution in [2.24, 2.45) is 0 Å². The van der Waals surface area contributed by atoms with Crippen molar-refractivity contribution in [3.63, 3.8) is 0 Å². The molecule has 66 heavy (non-hydrogen) atoms. The summed E-state index contributed by atoms with van der Waals surface area (Å²) in [5, 5.41) is 14.9. The number of rotatable bonds is 7. The van der Waals surface area contributed by atoms with Gasteiger partial charge in [0.15, 0.2) is 0 Å². The van der Waals surface area contributed by atoms with Gasteiger partial charge in [-0.1, -0.05) is 194 Å². The summed E-state index contributed by atoms with van der Waals surface area (Å²) in [6.07, 6.45) is 0. The second-order valence-electron chi connectivity index (χ2n) is 17.2. The smallest absolute Gasteiger partial charge is 0.0618 e. The van der Waals surface area contributed by atoms with Crippen LogP contribution in [0.3, 0.4) is 0 Å². The van der Waals surface area contributed by atoms with Gasteiger partial charge in [-0.05, 0) is 136 Å². The SMILES string of the molecule is c1ccc(N(c2ccccc2)c2c3ccccc3c(-c3ccc(-c4ccc5c(-c6ccc7ccccc7c6)c6ccccc6c(-c6ccc7ccccc7c6)c5c4)s3)c3ccccc23)cc1. The molecule has 0 bridgehead atoms. The van der Waals surface area contributed by atoms with Crippen molar-refractivity contribution >= 4 is 93.0 Å². The molecule has 1 heterocycles. The van der Waals surface area contributed by atoms with E-state index in [4.69, 9.17) is 0 Å². The largest absolute Gasteiger partial charge is 0.309 e. The predicted molar refractivity (Wildman–Crippen MR) is 286 cm³/mol. The van der Waals surface area contributed by atoms with Crippen LogP contribution < -0.4 is 4.90 Å². The standard InChI is InChI=1S/C64H41NS/c1-3-21-49(22-4-1)65(50-23-5-2-6-24-50)64-56-29-15-13-27-53(56)63(54-28-14-16-30-57(54)64)60-38-37-59(66-60)46-35-36-55-58(41-46)62(48-34-32-43-18-8-10-20-45(43)40-48)52-26-12-11-25-51(52)61(55)47-33-31-42-17-7-9-19-44(42)39-47/h1-41H. The van der Waals surface area contributed by atoms with E-state index in [1.165, 1.54) is 113 Å². The van der Waals surface area contributed by atoms with Crippen LogP contribution in [-0.2, 0) is 0 Å². The van der Waals surface area contributed by atoms with Crippen LogP contribution in [-0.4, -0.2) is 0 Å². The highest BCUT2D eigenvalue weighted by molar-refractivity contribution is 7.19. The van der Waals surface area contributed by atoms with Gasteiger partial charge in [-0.15, -0.1) is 11.3 Å². The minimum absolute atomic E-state index is 1.13. The van der Waals surface area contributed by atoms with Crippen molar-refractivity contribution < 1.29 is 0 Å². The third-order valence-corrected chi connectivity index (χ3v) is 14.5. The number of thiophene rings is 1. The summed E-state index contributed by atoms with van der Waals surface area (Å²) < 4.78 is 0. The first-order valence-electron chi connectivity index (χ1n) is 22.7. The van der Waals surface area contributed by atoms with E-state index in [1.54, 1.807) is 0 Å². The van der Waals surface area contributed by atoms with Crippen LogP contribution >= 0.6 is 11.3 Å². The van der Waals surface area contributed by atoms with Crippen LogP contribution in [0.4, 0.5) is 17.1 Å². The Labute approximate surface area is 387 Å². The third kappa shape index (κ3) is 6.30. The lowest BCUT2D eigenvalue weighted by Crippen LogP contribution is -2.11. The summed E-state index contributed by atoms with van der Waals surface area (Å²) in [6.45, 7) is 0. The van der Waals surface area contributed by atoms with Gasteiger partial charge in [-0.2, -0.15) is 0 Å². The van der Waals surface area contributed by atoms with Crippen molar-refractivity contribution in [2.75, 3.05) is 4.90 Å². The van der Waals surface area contributed by atoms with E-state index in [2.05, 4.69) is 254 Å². The monoisotopic (exact) mass is 855 g/mol. The van der Waals surface area contributed by atoms with E-state index in [1.807, 2.05) is 11.3 Å². The summed E-state index contributed by atoms with van der Waals surface area (Å²) in [7, 11) is 0. The molecule has 0 unspecified atom stereocenters. The van der Waals surface area contributed by atoms with Gasteiger partial charge in [-0.25, -0.2) is 0 Å². The highest BCUT2D eigenvalue weighted by atomic mass is 32.1. The second kappa shape index (κ2) is 15.7. The molecule has 308 valence electrons. The van der Waals surface area contributed by atoms with Crippen molar-refractivity contribution in [3.8, 4) is 43.1 Å². The zero-order valence-corrected chi connectivity index (χ0v) is 36.8. The summed E-state index contributed by atoms with van der Waals surface area (Å²) in [5.41, 5.74) is 10.9. The molecule has 0 spiro atoms. The molecule has 13 rings (SSSR count). The fraction of sp³-hybridized carbons (Fsp3) is 0. The number of para-hydroxylation sites is 2. The topological polar surface area (TPSA) is 3.24 Å². The lowest BCUT2D eigenvalue weighted by molar-refractivity contribution is 1.31. The van der Waals surface area contributed by atoms with E-state index < -0.39 is 0 Å².